The largest absolute Gasteiger partial charge is 0.364 e. The Morgan fingerprint density at radius 1 is 1.33 bits per heavy atom. The van der Waals surface area contributed by atoms with Crippen molar-refractivity contribution in [3.8, 4) is 0 Å². The lowest BCUT2D eigenvalue weighted by Gasteiger charge is -2.05. The molecule has 0 amide bonds. The van der Waals surface area contributed by atoms with E-state index in [1.54, 1.807) is 6.20 Å². The number of hydrogen-bond acceptors (Lipinski definition) is 3. The zero-order valence-electron chi connectivity index (χ0n) is 8.94. The van der Waals surface area contributed by atoms with E-state index in [2.05, 4.69) is 15.4 Å². The Labute approximate surface area is 89.0 Å². The van der Waals surface area contributed by atoms with Crippen molar-refractivity contribution in [3.63, 3.8) is 0 Å². The number of anilines is 1. The third-order valence-corrected chi connectivity index (χ3v) is 2.28. The molecule has 15 heavy (non-hydrogen) atoms. The highest BCUT2D eigenvalue weighted by Gasteiger charge is 1.98. The van der Waals surface area contributed by atoms with Crippen molar-refractivity contribution < 1.29 is 0 Å². The van der Waals surface area contributed by atoms with E-state index in [1.165, 1.54) is 5.56 Å². The summed E-state index contributed by atoms with van der Waals surface area (Å²) in [5.41, 5.74) is 2.30. The van der Waals surface area contributed by atoms with E-state index in [-0.39, 0.29) is 0 Å². The topological polar surface area (TPSA) is 42.7 Å². The van der Waals surface area contributed by atoms with Gasteiger partial charge in [-0.25, -0.2) is 4.98 Å². The average Bonchev–Trinajstić information content (AvgIpc) is 2.63. The van der Waals surface area contributed by atoms with Crippen LogP contribution in [0.4, 0.5) is 5.82 Å². The van der Waals surface area contributed by atoms with Crippen LogP contribution in [-0.2, 0) is 13.6 Å². The highest BCUT2D eigenvalue weighted by atomic mass is 15.3. The highest BCUT2D eigenvalue weighted by molar-refractivity contribution is 5.35. The van der Waals surface area contributed by atoms with Crippen molar-refractivity contribution in [2.75, 3.05) is 5.32 Å². The van der Waals surface area contributed by atoms with Gasteiger partial charge in [0.05, 0.1) is 12.2 Å². The molecule has 0 radical (unpaired) electrons. The van der Waals surface area contributed by atoms with E-state index < -0.39 is 0 Å². The van der Waals surface area contributed by atoms with Crippen molar-refractivity contribution in [3.05, 3.63) is 41.9 Å². The summed E-state index contributed by atoms with van der Waals surface area (Å²) in [4.78, 5) is 4.27. The van der Waals surface area contributed by atoms with Gasteiger partial charge in [0, 0.05) is 19.4 Å². The summed E-state index contributed by atoms with van der Waals surface area (Å²) in [6, 6.07) is 6.01. The van der Waals surface area contributed by atoms with E-state index in [4.69, 9.17) is 0 Å². The summed E-state index contributed by atoms with van der Waals surface area (Å²) < 4.78 is 1.85. The van der Waals surface area contributed by atoms with Crippen molar-refractivity contribution in [2.45, 2.75) is 13.5 Å². The molecule has 2 aromatic rings. The molecule has 0 aromatic carbocycles. The normalized spacial score (nSPS) is 10.3. The number of pyridine rings is 1. The second-order valence-corrected chi connectivity index (χ2v) is 3.52. The maximum Gasteiger partial charge on any atom is 0.126 e. The standard InChI is InChI=1S/C11H14N4/c1-9-3-4-11(12-7-9)13-8-10-5-6-14-15(10)2/h3-7H,8H2,1-2H3,(H,12,13). The first kappa shape index (κ1) is 9.71. The Kier molecular flexibility index (Phi) is 2.67. The van der Waals surface area contributed by atoms with Crippen molar-refractivity contribution in [2.24, 2.45) is 7.05 Å². The van der Waals surface area contributed by atoms with E-state index in [1.807, 2.05) is 43.0 Å². The van der Waals surface area contributed by atoms with Gasteiger partial charge in [-0.1, -0.05) is 6.07 Å². The van der Waals surface area contributed by atoms with Crippen LogP contribution in [0.25, 0.3) is 0 Å². The molecule has 2 heterocycles. The molecule has 0 saturated heterocycles. The van der Waals surface area contributed by atoms with Crippen LogP contribution in [0.15, 0.2) is 30.6 Å². The van der Waals surface area contributed by atoms with Gasteiger partial charge < -0.3 is 5.32 Å². The first-order valence-corrected chi connectivity index (χ1v) is 4.89. The zero-order chi connectivity index (χ0) is 10.7. The van der Waals surface area contributed by atoms with Crippen LogP contribution in [0.3, 0.4) is 0 Å². The van der Waals surface area contributed by atoms with E-state index in [0.29, 0.717) is 0 Å². The molecule has 2 rings (SSSR count). The van der Waals surface area contributed by atoms with Gasteiger partial charge >= 0.3 is 0 Å². The summed E-state index contributed by atoms with van der Waals surface area (Å²) in [5.74, 6) is 0.891. The zero-order valence-corrected chi connectivity index (χ0v) is 8.94. The Bertz CT molecular complexity index is 430. The van der Waals surface area contributed by atoms with Crippen LogP contribution < -0.4 is 5.32 Å². The number of nitrogens with one attached hydrogen (secondary N) is 1. The van der Waals surface area contributed by atoms with Gasteiger partial charge in [-0.3, -0.25) is 4.68 Å². The van der Waals surface area contributed by atoms with Gasteiger partial charge in [-0.15, -0.1) is 0 Å². The number of rotatable bonds is 3. The minimum Gasteiger partial charge on any atom is -0.364 e. The monoisotopic (exact) mass is 202 g/mol. The SMILES string of the molecule is Cc1ccc(NCc2ccnn2C)nc1. The Balaban J connectivity index is 1.99. The molecular weight excluding hydrogens is 188 g/mol. The van der Waals surface area contributed by atoms with E-state index >= 15 is 0 Å². The molecule has 4 nitrogen and oxygen atoms in total. The number of aryl methyl sites for hydroxylation is 2. The smallest absolute Gasteiger partial charge is 0.126 e. The summed E-state index contributed by atoms with van der Waals surface area (Å²) in [7, 11) is 1.93. The molecule has 0 aliphatic rings. The quantitative estimate of drug-likeness (QED) is 0.824. The van der Waals surface area contributed by atoms with Crippen LogP contribution in [0, 0.1) is 6.92 Å². The number of aromatic nitrogens is 3. The Morgan fingerprint density at radius 2 is 2.20 bits per heavy atom. The molecule has 0 aliphatic carbocycles. The van der Waals surface area contributed by atoms with Crippen LogP contribution in [-0.4, -0.2) is 14.8 Å². The number of hydrogen-bond donors (Lipinski definition) is 1. The fourth-order valence-corrected chi connectivity index (χ4v) is 1.33. The third-order valence-electron chi connectivity index (χ3n) is 2.28. The third kappa shape index (κ3) is 2.34. The highest BCUT2D eigenvalue weighted by Crippen LogP contribution is 2.06. The van der Waals surface area contributed by atoms with Crippen molar-refractivity contribution in [1.29, 1.82) is 0 Å². The lowest BCUT2D eigenvalue weighted by atomic mass is 10.3. The average molecular weight is 202 g/mol. The Morgan fingerprint density at radius 3 is 2.80 bits per heavy atom. The fraction of sp³-hybridized carbons (Fsp3) is 0.273. The van der Waals surface area contributed by atoms with Crippen LogP contribution in [0.1, 0.15) is 11.3 Å². The van der Waals surface area contributed by atoms with E-state index in [0.717, 1.165) is 18.1 Å². The van der Waals surface area contributed by atoms with Gasteiger partial charge in [0.1, 0.15) is 5.82 Å². The first-order chi connectivity index (χ1) is 7.25. The van der Waals surface area contributed by atoms with Crippen LogP contribution in [0.5, 0.6) is 0 Å². The predicted octanol–water partition coefficient (Wildman–Crippen LogP) is 1.74. The lowest BCUT2D eigenvalue weighted by Crippen LogP contribution is -2.06. The summed E-state index contributed by atoms with van der Waals surface area (Å²) >= 11 is 0. The molecule has 0 aliphatic heterocycles. The molecular formula is C11H14N4. The van der Waals surface area contributed by atoms with Gasteiger partial charge in [0.15, 0.2) is 0 Å². The van der Waals surface area contributed by atoms with Gasteiger partial charge in [0.2, 0.25) is 0 Å². The summed E-state index contributed by atoms with van der Waals surface area (Å²) in [5, 5.41) is 7.34. The summed E-state index contributed by atoms with van der Waals surface area (Å²) in [6.45, 7) is 2.77. The first-order valence-electron chi connectivity index (χ1n) is 4.89. The molecule has 0 unspecified atom stereocenters. The second kappa shape index (κ2) is 4.13. The van der Waals surface area contributed by atoms with Gasteiger partial charge in [0.25, 0.3) is 0 Å². The van der Waals surface area contributed by atoms with Crippen molar-refractivity contribution in [1.82, 2.24) is 14.8 Å². The predicted molar refractivity (Wildman–Crippen MR) is 59.5 cm³/mol. The van der Waals surface area contributed by atoms with Gasteiger partial charge in [-0.05, 0) is 24.6 Å². The van der Waals surface area contributed by atoms with Crippen LogP contribution in [0.2, 0.25) is 0 Å². The van der Waals surface area contributed by atoms with E-state index in [9.17, 15) is 0 Å². The maximum atomic E-state index is 4.27. The molecule has 4 heteroatoms. The molecule has 0 spiro atoms. The molecule has 0 saturated carbocycles. The lowest BCUT2D eigenvalue weighted by molar-refractivity contribution is 0.720. The Hall–Kier alpha value is -1.84. The molecule has 0 fully saturated rings. The second-order valence-electron chi connectivity index (χ2n) is 3.52. The number of nitrogens with zero attached hydrogens (tertiary/aromatic N) is 3. The maximum absolute atomic E-state index is 4.27. The van der Waals surface area contributed by atoms with Crippen LogP contribution >= 0.6 is 0 Å². The molecule has 2 aromatic heterocycles. The minimum absolute atomic E-state index is 0.743. The fourth-order valence-electron chi connectivity index (χ4n) is 1.33. The molecule has 78 valence electrons. The van der Waals surface area contributed by atoms with Crippen molar-refractivity contribution >= 4 is 5.82 Å². The molecule has 0 bridgehead atoms. The summed E-state index contributed by atoms with van der Waals surface area (Å²) in [6.07, 6.45) is 3.64. The molecule has 0 atom stereocenters. The molecule has 1 N–H and O–H groups in total. The minimum atomic E-state index is 0.743. The van der Waals surface area contributed by atoms with Gasteiger partial charge in [-0.2, -0.15) is 5.10 Å².